The fourth-order valence-electron chi connectivity index (χ4n) is 7.67. The highest BCUT2D eigenvalue weighted by atomic mass is 32.2. The molecule has 4 rings (SSSR count). The molecule has 3 unspecified atom stereocenters. The Labute approximate surface area is 152 Å². The number of hydrogen-bond donors (Lipinski definition) is 0. The monoisotopic (exact) mass is 346 g/mol. The second-order valence-electron chi connectivity index (χ2n) is 10.1. The molecule has 3 aliphatic carbocycles. The lowest BCUT2D eigenvalue weighted by Crippen LogP contribution is -2.56. The van der Waals surface area contributed by atoms with Crippen molar-refractivity contribution in [3.05, 3.63) is 12.2 Å². The molecule has 134 valence electrons. The van der Waals surface area contributed by atoms with Crippen molar-refractivity contribution in [2.24, 2.45) is 46.3 Å². The zero-order chi connectivity index (χ0) is 17.3. The Morgan fingerprint density at radius 2 is 1.92 bits per heavy atom. The first-order chi connectivity index (χ1) is 11.3. The van der Waals surface area contributed by atoms with Crippen LogP contribution in [0.2, 0.25) is 0 Å². The smallest absolute Gasteiger partial charge is 0.212 e. The molecular formula is C22H34OS. The largest absolute Gasteiger partial charge is 0.282 e. The first-order valence-corrected chi connectivity index (χ1v) is 11.0. The Kier molecular flexibility index (Phi) is 4.03. The zero-order valence-electron chi connectivity index (χ0n) is 16.0. The molecular weight excluding hydrogens is 312 g/mol. The van der Waals surface area contributed by atoms with Crippen LogP contribution in [0.3, 0.4) is 0 Å². The quantitative estimate of drug-likeness (QED) is 0.584. The van der Waals surface area contributed by atoms with Crippen LogP contribution in [0.15, 0.2) is 12.2 Å². The van der Waals surface area contributed by atoms with Gasteiger partial charge < -0.3 is 0 Å². The van der Waals surface area contributed by atoms with Gasteiger partial charge in [-0.25, -0.2) is 0 Å². The lowest BCUT2D eigenvalue weighted by atomic mass is 9.46. The average Bonchev–Trinajstić information content (AvgIpc) is 2.86. The summed E-state index contributed by atoms with van der Waals surface area (Å²) in [7, 11) is 0. The van der Waals surface area contributed by atoms with E-state index in [1.807, 2.05) is 6.08 Å². The highest BCUT2D eigenvalue weighted by molar-refractivity contribution is 8.14. The molecule has 3 saturated carbocycles. The van der Waals surface area contributed by atoms with Crippen LogP contribution >= 0.6 is 11.8 Å². The summed E-state index contributed by atoms with van der Waals surface area (Å²) in [5.74, 6) is 5.07. The number of carbonyl (C=O) groups is 1. The van der Waals surface area contributed by atoms with Gasteiger partial charge in [0.15, 0.2) is 0 Å². The highest BCUT2D eigenvalue weighted by Gasteiger charge is 2.61. The molecule has 0 amide bonds. The summed E-state index contributed by atoms with van der Waals surface area (Å²) < 4.78 is 0. The molecule has 8 atom stereocenters. The van der Waals surface area contributed by atoms with Crippen molar-refractivity contribution in [3.8, 4) is 0 Å². The second-order valence-corrected chi connectivity index (χ2v) is 11.3. The van der Waals surface area contributed by atoms with Crippen molar-refractivity contribution in [3.63, 3.8) is 0 Å². The number of carbonyl (C=O) groups excluding carboxylic acids is 1. The molecule has 0 saturated heterocycles. The van der Waals surface area contributed by atoms with E-state index >= 15 is 0 Å². The first-order valence-electron chi connectivity index (χ1n) is 10.2. The minimum atomic E-state index is 0.243. The van der Waals surface area contributed by atoms with E-state index < -0.39 is 0 Å². The van der Waals surface area contributed by atoms with E-state index in [1.54, 1.807) is 11.8 Å². The lowest BCUT2D eigenvalue weighted by Gasteiger charge is -2.61. The minimum absolute atomic E-state index is 0.243. The van der Waals surface area contributed by atoms with Gasteiger partial charge >= 0.3 is 0 Å². The summed E-state index contributed by atoms with van der Waals surface area (Å²) in [4.78, 5) is 12.0. The maximum absolute atomic E-state index is 12.0. The van der Waals surface area contributed by atoms with E-state index in [0.29, 0.717) is 10.7 Å². The van der Waals surface area contributed by atoms with E-state index in [-0.39, 0.29) is 10.5 Å². The molecule has 0 aromatic heterocycles. The Balaban J connectivity index is 1.70. The van der Waals surface area contributed by atoms with Gasteiger partial charge in [0, 0.05) is 10.7 Å². The van der Waals surface area contributed by atoms with Crippen LogP contribution in [-0.4, -0.2) is 10.4 Å². The van der Waals surface area contributed by atoms with Crippen molar-refractivity contribution >= 4 is 16.9 Å². The zero-order valence-corrected chi connectivity index (χ0v) is 16.9. The van der Waals surface area contributed by atoms with Crippen molar-refractivity contribution < 1.29 is 4.79 Å². The van der Waals surface area contributed by atoms with E-state index in [9.17, 15) is 4.79 Å². The average molecular weight is 347 g/mol. The standard InChI is InChI=1S/C22H34OS/c1-13(2)15-6-7-16-20-14(3)12-18-22(5,11-9-19(23)24-18)17(20)8-10-21(15,16)4/h9,11,13-18,20H,6-8,10,12H2,1-5H3/t14?,15?,16-,17+,18?,20-,21+,22+/m0/s1. The van der Waals surface area contributed by atoms with Crippen LogP contribution in [0, 0.1) is 46.3 Å². The normalized spacial score (nSPS) is 53.7. The fourth-order valence-corrected chi connectivity index (χ4v) is 9.00. The molecule has 0 aromatic carbocycles. The molecule has 4 aliphatic rings. The summed E-state index contributed by atoms with van der Waals surface area (Å²) in [6, 6.07) is 0. The van der Waals surface area contributed by atoms with Crippen LogP contribution in [0.4, 0.5) is 0 Å². The van der Waals surface area contributed by atoms with E-state index in [1.165, 1.54) is 32.1 Å². The molecule has 0 N–H and O–H groups in total. The second kappa shape index (κ2) is 5.63. The molecule has 0 bridgehead atoms. The fraction of sp³-hybridized carbons (Fsp3) is 0.864. The van der Waals surface area contributed by atoms with Gasteiger partial charge in [-0.1, -0.05) is 52.5 Å². The number of thioether (sulfide) groups is 1. The molecule has 24 heavy (non-hydrogen) atoms. The van der Waals surface area contributed by atoms with E-state index in [4.69, 9.17) is 0 Å². The van der Waals surface area contributed by atoms with Crippen molar-refractivity contribution in [1.29, 1.82) is 0 Å². The van der Waals surface area contributed by atoms with Gasteiger partial charge in [0.25, 0.3) is 0 Å². The van der Waals surface area contributed by atoms with Crippen LogP contribution < -0.4 is 0 Å². The topological polar surface area (TPSA) is 17.1 Å². The Morgan fingerprint density at radius 3 is 2.62 bits per heavy atom. The molecule has 0 aromatic rings. The minimum Gasteiger partial charge on any atom is -0.282 e. The Bertz CT molecular complexity index is 566. The number of hydrogen-bond acceptors (Lipinski definition) is 2. The van der Waals surface area contributed by atoms with Crippen LogP contribution in [0.1, 0.15) is 66.7 Å². The molecule has 0 spiro atoms. The third-order valence-corrected chi connectivity index (χ3v) is 10.1. The summed E-state index contributed by atoms with van der Waals surface area (Å²) in [5, 5.41) is 0.794. The van der Waals surface area contributed by atoms with Crippen LogP contribution in [-0.2, 0) is 4.79 Å². The summed E-state index contributed by atoms with van der Waals surface area (Å²) >= 11 is 1.63. The highest BCUT2D eigenvalue weighted by Crippen LogP contribution is 2.68. The number of rotatable bonds is 1. The van der Waals surface area contributed by atoms with Crippen molar-refractivity contribution in [1.82, 2.24) is 0 Å². The van der Waals surface area contributed by atoms with Gasteiger partial charge in [-0.3, -0.25) is 4.79 Å². The molecule has 1 nitrogen and oxygen atoms in total. The molecule has 1 aliphatic heterocycles. The van der Waals surface area contributed by atoms with Crippen molar-refractivity contribution in [2.45, 2.75) is 72.0 Å². The molecule has 0 radical (unpaired) electrons. The van der Waals surface area contributed by atoms with Crippen molar-refractivity contribution in [2.75, 3.05) is 0 Å². The van der Waals surface area contributed by atoms with Gasteiger partial charge in [-0.15, -0.1) is 0 Å². The van der Waals surface area contributed by atoms with Gasteiger partial charge in [0.1, 0.15) is 0 Å². The van der Waals surface area contributed by atoms with Gasteiger partial charge in [0.05, 0.1) is 0 Å². The maximum Gasteiger partial charge on any atom is 0.212 e. The predicted octanol–water partition coefficient (Wildman–Crippen LogP) is 5.95. The summed E-state index contributed by atoms with van der Waals surface area (Å²) in [6.45, 7) is 12.5. The van der Waals surface area contributed by atoms with Gasteiger partial charge in [-0.05, 0) is 79.1 Å². The van der Waals surface area contributed by atoms with Crippen LogP contribution in [0.5, 0.6) is 0 Å². The number of fused-ring (bicyclic) bond motifs is 5. The molecule has 3 fully saturated rings. The SMILES string of the molecule is CC(C)C1CC[C@H]2[C@@H]3C(C)CC4SC(=O)C=C[C@]4(C)[C@@H]3CC[C@]12C. The maximum atomic E-state index is 12.0. The van der Waals surface area contributed by atoms with Gasteiger partial charge in [0.2, 0.25) is 5.12 Å². The molecule has 1 heterocycles. The number of allylic oxidation sites excluding steroid dienone is 1. The van der Waals surface area contributed by atoms with Crippen LogP contribution in [0.25, 0.3) is 0 Å². The lowest BCUT2D eigenvalue weighted by molar-refractivity contribution is -0.108. The Morgan fingerprint density at radius 1 is 1.17 bits per heavy atom. The predicted molar refractivity (Wildman–Crippen MR) is 103 cm³/mol. The third-order valence-electron chi connectivity index (χ3n) is 8.78. The van der Waals surface area contributed by atoms with Gasteiger partial charge in [-0.2, -0.15) is 0 Å². The first kappa shape index (κ1) is 17.2. The molecule has 2 heteroatoms. The third kappa shape index (κ3) is 2.24. The summed E-state index contributed by atoms with van der Waals surface area (Å²) in [6.07, 6.45) is 11.1. The Hall–Kier alpha value is -0.240. The van der Waals surface area contributed by atoms with E-state index in [0.717, 1.165) is 35.5 Å². The van der Waals surface area contributed by atoms with E-state index in [2.05, 4.69) is 40.7 Å². The summed E-state index contributed by atoms with van der Waals surface area (Å²) in [5.41, 5.74) is 0.807.